The van der Waals surface area contributed by atoms with Gasteiger partial charge in [0.1, 0.15) is 0 Å². The molecule has 0 saturated heterocycles. The molecule has 2 aromatic rings. The summed E-state index contributed by atoms with van der Waals surface area (Å²) in [5, 5.41) is 2.90. The molecule has 0 nitrogen and oxygen atoms in total. The van der Waals surface area contributed by atoms with Crippen molar-refractivity contribution in [1.29, 1.82) is 0 Å². The zero-order valence-electron chi connectivity index (χ0n) is 10.6. The Morgan fingerprint density at radius 1 is 1.25 bits per heavy atom. The van der Waals surface area contributed by atoms with Crippen molar-refractivity contribution in [3.63, 3.8) is 0 Å². The first-order valence-electron chi connectivity index (χ1n) is 5.80. The molecule has 84 valence electrons. The third kappa shape index (κ3) is 2.35. The van der Waals surface area contributed by atoms with Gasteiger partial charge in [-0.3, -0.25) is 0 Å². The van der Waals surface area contributed by atoms with Gasteiger partial charge in [0, 0.05) is 26.2 Å². The van der Waals surface area contributed by atoms with Gasteiger partial charge in [0.15, 0.2) is 0 Å². The number of benzene rings is 1. The molecular weight excluding hydrogens is 271 g/mol. The Labute approximate surface area is 118 Å². The largest absolute Gasteiger partial charge is 0.165 e. The Morgan fingerprint density at radius 2 is 1.94 bits per heavy atom. The van der Waals surface area contributed by atoms with E-state index in [-0.39, 0.29) is 26.2 Å². The Kier molecular flexibility index (Phi) is 4.62. The summed E-state index contributed by atoms with van der Waals surface area (Å²) >= 11 is 0. The number of hydrogen-bond acceptors (Lipinski definition) is 0. The van der Waals surface area contributed by atoms with Crippen molar-refractivity contribution in [2.45, 2.75) is 40.0 Å². The quantitative estimate of drug-likeness (QED) is 0.704. The molecule has 0 amide bonds. The van der Waals surface area contributed by atoms with Crippen LogP contribution in [0.1, 0.15) is 42.9 Å². The van der Waals surface area contributed by atoms with Crippen LogP contribution in [0.3, 0.4) is 0 Å². The molecule has 1 unspecified atom stereocenters. The Hall–Kier alpha value is -0.287. The summed E-state index contributed by atoms with van der Waals surface area (Å²) in [6, 6.07) is 9.18. The topological polar surface area (TPSA) is 0 Å². The van der Waals surface area contributed by atoms with Gasteiger partial charge in [-0.1, -0.05) is 45.7 Å². The Bertz CT molecular complexity index is 479. The van der Waals surface area contributed by atoms with Gasteiger partial charge in [0.2, 0.25) is 0 Å². The van der Waals surface area contributed by atoms with Crippen molar-refractivity contribution < 1.29 is 26.2 Å². The van der Waals surface area contributed by atoms with Gasteiger partial charge >= 0.3 is 0 Å². The minimum absolute atomic E-state index is 0. The fourth-order valence-corrected chi connectivity index (χ4v) is 2.26. The van der Waals surface area contributed by atoms with Gasteiger partial charge in [0.25, 0.3) is 0 Å². The van der Waals surface area contributed by atoms with Crippen molar-refractivity contribution in [1.82, 2.24) is 0 Å². The Morgan fingerprint density at radius 3 is 2.56 bits per heavy atom. The van der Waals surface area contributed by atoms with Crippen molar-refractivity contribution in [2.75, 3.05) is 0 Å². The van der Waals surface area contributed by atoms with E-state index in [2.05, 4.69) is 52.0 Å². The van der Waals surface area contributed by atoms with Gasteiger partial charge in [-0.2, -0.15) is 6.07 Å². The standard InChI is InChI=1S/C15H19.Zr/c1-5-11(3)13-7-6-12(4)14-8-10(2)9-15(13)14;/h6-9,11H,5H2,1-4H3;/q-1;. The molecule has 0 radical (unpaired) electrons. The third-order valence-corrected chi connectivity index (χ3v) is 3.43. The van der Waals surface area contributed by atoms with Crippen molar-refractivity contribution >= 4 is 10.8 Å². The van der Waals surface area contributed by atoms with E-state index in [0.29, 0.717) is 5.92 Å². The molecule has 2 aromatic carbocycles. The second-order valence-corrected chi connectivity index (χ2v) is 4.64. The van der Waals surface area contributed by atoms with Crippen LogP contribution in [0.5, 0.6) is 0 Å². The van der Waals surface area contributed by atoms with Crippen molar-refractivity contribution in [3.8, 4) is 0 Å². The van der Waals surface area contributed by atoms with Crippen LogP contribution in [0.4, 0.5) is 0 Å². The summed E-state index contributed by atoms with van der Waals surface area (Å²) in [5.74, 6) is 0.662. The first kappa shape index (κ1) is 13.8. The molecule has 0 fully saturated rings. The van der Waals surface area contributed by atoms with Crippen molar-refractivity contribution in [2.24, 2.45) is 0 Å². The van der Waals surface area contributed by atoms with E-state index >= 15 is 0 Å². The average molecular weight is 291 g/mol. The number of aryl methyl sites for hydroxylation is 2. The van der Waals surface area contributed by atoms with Crippen molar-refractivity contribution in [3.05, 3.63) is 41.0 Å². The second-order valence-electron chi connectivity index (χ2n) is 4.64. The van der Waals surface area contributed by atoms with E-state index in [9.17, 15) is 0 Å². The molecule has 0 aliphatic carbocycles. The average Bonchev–Trinajstić information content (AvgIpc) is 2.60. The predicted molar refractivity (Wildman–Crippen MR) is 67.7 cm³/mol. The van der Waals surface area contributed by atoms with Crippen LogP contribution in [0.2, 0.25) is 0 Å². The third-order valence-electron chi connectivity index (χ3n) is 3.43. The predicted octanol–water partition coefficient (Wildman–Crippen LogP) is 4.69. The maximum absolute atomic E-state index is 2.32. The van der Waals surface area contributed by atoms with Gasteiger partial charge in [-0.05, 0) is 5.92 Å². The molecule has 0 aliphatic heterocycles. The van der Waals surface area contributed by atoms with Gasteiger partial charge in [-0.25, -0.2) is 0 Å². The molecule has 0 aliphatic rings. The fourth-order valence-electron chi connectivity index (χ4n) is 2.26. The van der Waals surface area contributed by atoms with Crippen LogP contribution in [-0.2, 0) is 26.2 Å². The minimum atomic E-state index is 0. The van der Waals surface area contributed by atoms with E-state index < -0.39 is 0 Å². The molecule has 1 atom stereocenters. The summed E-state index contributed by atoms with van der Waals surface area (Å²) in [5.41, 5.74) is 4.28. The molecule has 1 heteroatoms. The molecule has 16 heavy (non-hydrogen) atoms. The van der Waals surface area contributed by atoms with Gasteiger partial charge in [0.05, 0.1) is 0 Å². The summed E-state index contributed by atoms with van der Waals surface area (Å²) in [6.45, 7) is 8.95. The first-order chi connectivity index (χ1) is 7.13. The molecule has 0 aromatic heterocycles. The number of fused-ring (bicyclic) bond motifs is 1. The second kappa shape index (κ2) is 5.36. The molecule has 0 saturated carbocycles. The van der Waals surface area contributed by atoms with E-state index in [1.165, 1.54) is 33.9 Å². The normalized spacial score (nSPS) is 12.5. The summed E-state index contributed by atoms with van der Waals surface area (Å²) < 4.78 is 0. The van der Waals surface area contributed by atoms with E-state index in [4.69, 9.17) is 0 Å². The Balaban J connectivity index is 0.00000128. The van der Waals surface area contributed by atoms with Crippen LogP contribution < -0.4 is 0 Å². The van der Waals surface area contributed by atoms with Crippen LogP contribution in [-0.4, -0.2) is 0 Å². The molecule has 0 heterocycles. The maximum atomic E-state index is 2.32. The number of hydrogen-bond donors (Lipinski definition) is 0. The van der Waals surface area contributed by atoms with E-state index in [1.54, 1.807) is 0 Å². The van der Waals surface area contributed by atoms with Gasteiger partial charge < -0.3 is 0 Å². The van der Waals surface area contributed by atoms with Gasteiger partial charge in [-0.15, -0.1) is 34.0 Å². The monoisotopic (exact) mass is 289 g/mol. The molecule has 0 spiro atoms. The molecule has 0 bridgehead atoms. The summed E-state index contributed by atoms with van der Waals surface area (Å²) in [4.78, 5) is 0. The molecule has 2 rings (SSSR count). The zero-order chi connectivity index (χ0) is 11.0. The zero-order valence-corrected chi connectivity index (χ0v) is 13.1. The fraction of sp³-hybridized carbons (Fsp3) is 0.400. The number of rotatable bonds is 2. The minimum Gasteiger partial charge on any atom is -0.165 e. The molecular formula is C15H19Zr-. The smallest absolute Gasteiger partial charge is 0 e. The maximum Gasteiger partial charge on any atom is 0 e. The van der Waals surface area contributed by atoms with E-state index in [0.717, 1.165) is 0 Å². The van der Waals surface area contributed by atoms with E-state index in [1.807, 2.05) is 0 Å². The van der Waals surface area contributed by atoms with Crippen LogP contribution >= 0.6 is 0 Å². The SMILES string of the molecule is CCC(C)c1ccc(C)c2[cH-]c(C)cc12.[Zr]. The first-order valence-corrected chi connectivity index (χ1v) is 5.80. The summed E-state index contributed by atoms with van der Waals surface area (Å²) in [6.07, 6.45) is 1.21. The molecule has 0 N–H and O–H groups in total. The van der Waals surface area contributed by atoms with Crippen LogP contribution in [0, 0.1) is 13.8 Å². The summed E-state index contributed by atoms with van der Waals surface area (Å²) in [7, 11) is 0. The van der Waals surface area contributed by atoms with Crippen LogP contribution in [0.25, 0.3) is 10.8 Å². The van der Waals surface area contributed by atoms with Crippen LogP contribution in [0.15, 0.2) is 24.3 Å².